The van der Waals surface area contributed by atoms with Gasteiger partial charge in [0.15, 0.2) is 0 Å². The number of benzene rings is 3. The molecule has 0 radical (unpaired) electrons. The van der Waals surface area contributed by atoms with Crippen LogP contribution in [0.3, 0.4) is 0 Å². The number of nitrogens with zero attached hydrogens (tertiary/aromatic N) is 1. The molecule has 0 spiro atoms. The number of rotatable bonds is 5. The molecule has 2 amide bonds. The predicted octanol–water partition coefficient (Wildman–Crippen LogP) is 4.66. The summed E-state index contributed by atoms with van der Waals surface area (Å²) in [5.74, 6) is -0.410. The molecule has 0 unspecified atom stereocenters. The lowest BCUT2D eigenvalue weighted by molar-refractivity contribution is 0.0951. The highest BCUT2D eigenvalue weighted by atomic mass is 79.9. The third kappa shape index (κ3) is 4.44. The van der Waals surface area contributed by atoms with Crippen LogP contribution in [0.15, 0.2) is 83.3 Å². The smallest absolute Gasteiger partial charge is 0.259 e. The molecule has 0 aliphatic carbocycles. The Balaban J connectivity index is 1.81. The molecule has 0 atom stereocenters. The summed E-state index contributed by atoms with van der Waals surface area (Å²) in [7, 11) is 1.67. The van der Waals surface area contributed by atoms with Crippen LogP contribution in [0.1, 0.15) is 26.3 Å². The zero-order valence-electron chi connectivity index (χ0n) is 14.9. The third-order valence-corrected chi connectivity index (χ3v) is 4.91. The fourth-order valence-corrected chi connectivity index (χ4v) is 3.21. The Labute approximate surface area is 167 Å². The number of carbonyl (C=O) groups is 2. The van der Waals surface area contributed by atoms with Gasteiger partial charge in [0.2, 0.25) is 0 Å². The molecule has 0 saturated heterocycles. The van der Waals surface area contributed by atoms with Crippen molar-refractivity contribution < 1.29 is 9.59 Å². The number of halogens is 1. The number of hydrogen-bond donors (Lipinski definition) is 1. The summed E-state index contributed by atoms with van der Waals surface area (Å²) < 4.78 is 0.716. The number of anilines is 1. The van der Waals surface area contributed by atoms with Crippen LogP contribution in [0, 0.1) is 0 Å². The van der Waals surface area contributed by atoms with Gasteiger partial charge in [0.05, 0.1) is 16.8 Å². The van der Waals surface area contributed by atoms with Gasteiger partial charge in [-0.15, -0.1) is 0 Å². The van der Waals surface area contributed by atoms with E-state index in [2.05, 4.69) is 21.2 Å². The van der Waals surface area contributed by atoms with E-state index in [0.29, 0.717) is 27.8 Å². The Bertz CT molecular complexity index is 957. The van der Waals surface area contributed by atoms with Crippen molar-refractivity contribution in [3.05, 3.63) is 100 Å². The van der Waals surface area contributed by atoms with Crippen LogP contribution in [0.2, 0.25) is 0 Å². The van der Waals surface area contributed by atoms with Gasteiger partial charge in [-0.05, 0) is 45.8 Å². The quantitative estimate of drug-likeness (QED) is 0.649. The van der Waals surface area contributed by atoms with E-state index < -0.39 is 0 Å². The summed E-state index contributed by atoms with van der Waals surface area (Å²) >= 11 is 3.41. The van der Waals surface area contributed by atoms with E-state index in [4.69, 9.17) is 0 Å². The van der Waals surface area contributed by atoms with Gasteiger partial charge < -0.3 is 10.2 Å². The molecule has 0 aliphatic rings. The molecule has 3 rings (SSSR count). The van der Waals surface area contributed by atoms with Crippen LogP contribution in [0.4, 0.5) is 5.69 Å². The lowest BCUT2D eigenvalue weighted by Crippen LogP contribution is -2.30. The molecule has 1 N–H and O–H groups in total. The minimum atomic E-state index is -0.221. The molecule has 3 aromatic carbocycles. The second-order valence-corrected chi connectivity index (χ2v) is 6.88. The molecule has 27 heavy (non-hydrogen) atoms. The second-order valence-electron chi connectivity index (χ2n) is 6.03. The number of para-hydroxylation sites is 1. The lowest BCUT2D eigenvalue weighted by Gasteiger charge is -2.21. The van der Waals surface area contributed by atoms with Gasteiger partial charge in [0, 0.05) is 18.1 Å². The number of hydrogen-bond acceptors (Lipinski definition) is 2. The molecule has 0 saturated carbocycles. The average Bonchev–Trinajstić information content (AvgIpc) is 2.72. The Morgan fingerprint density at radius 3 is 2.15 bits per heavy atom. The van der Waals surface area contributed by atoms with Crippen molar-refractivity contribution in [2.75, 3.05) is 11.9 Å². The normalized spacial score (nSPS) is 10.3. The molecule has 0 aliphatic heterocycles. The molecule has 136 valence electrons. The average molecular weight is 423 g/mol. The van der Waals surface area contributed by atoms with E-state index in [1.165, 1.54) is 4.90 Å². The van der Waals surface area contributed by atoms with Gasteiger partial charge >= 0.3 is 0 Å². The van der Waals surface area contributed by atoms with E-state index in [1.54, 1.807) is 31.3 Å². The molecule has 3 aromatic rings. The monoisotopic (exact) mass is 422 g/mol. The van der Waals surface area contributed by atoms with Crippen LogP contribution >= 0.6 is 15.9 Å². The number of nitrogens with one attached hydrogen (secondary N) is 1. The SMILES string of the molecule is CN(C(=O)c1ccccc1Br)c1ccccc1C(=O)NCc1ccccc1. The molecule has 4 nitrogen and oxygen atoms in total. The minimum absolute atomic E-state index is 0.189. The zero-order chi connectivity index (χ0) is 19.2. The highest BCUT2D eigenvalue weighted by Gasteiger charge is 2.20. The predicted molar refractivity (Wildman–Crippen MR) is 111 cm³/mol. The van der Waals surface area contributed by atoms with Crippen LogP contribution in [0.25, 0.3) is 0 Å². The van der Waals surface area contributed by atoms with E-state index in [1.807, 2.05) is 54.6 Å². The fraction of sp³-hybridized carbons (Fsp3) is 0.0909. The molecular formula is C22H19BrN2O2. The summed E-state index contributed by atoms with van der Waals surface area (Å²) in [5, 5.41) is 2.91. The van der Waals surface area contributed by atoms with Crippen molar-refractivity contribution in [1.29, 1.82) is 0 Å². The highest BCUT2D eigenvalue weighted by molar-refractivity contribution is 9.10. The van der Waals surface area contributed by atoms with Gasteiger partial charge in [0.25, 0.3) is 11.8 Å². The maximum atomic E-state index is 12.9. The van der Waals surface area contributed by atoms with Crippen molar-refractivity contribution in [2.45, 2.75) is 6.54 Å². The first-order valence-corrected chi connectivity index (χ1v) is 9.31. The molecule has 0 heterocycles. The molecule has 0 bridgehead atoms. The number of carbonyl (C=O) groups excluding carboxylic acids is 2. The van der Waals surface area contributed by atoms with E-state index in [9.17, 15) is 9.59 Å². The van der Waals surface area contributed by atoms with E-state index in [-0.39, 0.29) is 11.8 Å². The molecule has 0 fully saturated rings. The highest BCUT2D eigenvalue weighted by Crippen LogP contribution is 2.24. The number of amides is 2. The van der Waals surface area contributed by atoms with Crippen molar-refractivity contribution >= 4 is 33.4 Å². The van der Waals surface area contributed by atoms with E-state index in [0.717, 1.165) is 5.56 Å². The van der Waals surface area contributed by atoms with Gasteiger partial charge in [-0.25, -0.2) is 0 Å². The van der Waals surface area contributed by atoms with Crippen LogP contribution in [-0.2, 0) is 6.54 Å². The first-order chi connectivity index (χ1) is 13.1. The molecule has 0 aromatic heterocycles. The Hall–Kier alpha value is -2.92. The van der Waals surface area contributed by atoms with Gasteiger partial charge in [0.1, 0.15) is 0 Å². The van der Waals surface area contributed by atoms with Crippen molar-refractivity contribution in [3.8, 4) is 0 Å². The topological polar surface area (TPSA) is 49.4 Å². The maximum Gasteiger partial charge on any atom is 0.259 e. The summed E-state index contributed by atoms with van der Waals surface area (Å²) in [6.45, 7) is 0.426. The third-order valence-electron chi connectivity index (χ3n) is 4.21. The first-order valence-electron chi connectivity index (χ1n) is 8.51. The van der Waals surface area contributed by atoms with Crippen LogP contribution in [-0.4, -0.2) is 18.9 Å². The van der Waals surface area contributed by atoms with Gasteiger partial charge in [-0.1, -0.05) is 54.6 Å². The second kappa shape index (κ2) is 8.64. The van der Waals surface area contributed by atoms with Crippen molar-refractivity contribution in [2.24, 2.45) is 0 Å². The minimum Gasteiger partial charge on any atom is -0.348 e. The summed E-state index contributed by atoms with van der Waals surface area (Å²) in [6, 6.07) is 24.0. The fourth-order valence-electron chi connectivity index (χ4n) is 2.76. The maximum absolute atomic E-state index is 12.9. The Morgan fingerprint density at radius 1 is 0.852 bits per heavy atom. The summed E-state index contributed by atoms with van der Waals surface area (Å²) in [4.78, 5) is 27.1. The van der Waals surface area contributed by atoms with Crippen LogP contribution < -0.4 is 10.2 Å². The van der Waals surface area contributed by atoms with Crippen molar-refractivity contribution in [3.63, 3.8) is 0 Å². The van der Waals surface area contributed by atoms with E-state index >= 15 is 0 Å². The molecule has 5 heteroatoms. The van der Waals surface area contributed by atoms with Gasteiger partial charge in [-0.2, -0.15) is 0 Å². The Morgan fingerprint density at radius 2 is 1.44 bits per heavy atom. The lowest BCUT2D eigenvalue weighted by atomic mass is 10.1. The van der Waals surface area contributed by atoms with Crippen LogP contribution in [0.5, 0.6) is 0 Å². The summed E-state index contributed by atoms with van der Waals surface area (Å²) in [5.41, 5.74) is 2.57. The zero-order valence-corrected chi connectivity index (χ0v) is 16.4. The molecular weight excluding hydrogens is 404 g/mol. The Kier molecular flexibility index (Phi) is 6.04. The largest absolute Gasteiger partial charge is 0.348 e. The first kappa shape index (κ1) is 18.9. The van der Waals surface area contributed by atoms with Gasteiger partial charge in [-0.3, -0.25) is 9.59 Å². The standard InChI is InChI=1S/C22H19BrN2O2/c1-25(22(27)17-11-5-7-13-19(17)23)20-14-8-6-12-18(20)21(26)24-15-16-9-3-2-4-10-16/h2-14H,15H2,1H3,(H,24,26). The van der Waals surface area contributed by atoms with Crippen molar-refractivity contribution in [1.82, 2.24) is 5.32 Å². The summed E-state index contributed by atoms with van der Waals surface area (Å²) in [6.07, 6.45) is 0.